The van der Waals surface area contributed by atoms with Crippen LogP contribution in [0.5, 0.6) is 0 Å². The third kappa shape index (κ3) is 3.63. The predicted octanol–water partition coefficient (Wildman–Crippen LogP) is 2.83. The Balaban J connectivity index is 1.23. The molecule has 1 spiro atoms. The third-order valence-corrected chi connectivity index (χ3v) is 7.24. The number of nitrogens with zero attached hydrogens (tertiary/aromatic N) is 2. The van der Waals surface area contributed by atoms with E-state index in [0.717, 1.165) is 63.9 Å². The van der Waals surface area contributed by atoms with E-state index in [4.69, 9.17) is 16.3 Å². The Morgan fingerprint density at radius 3 is 2.57 bits per heavy atom. The fourth-order valence-electron chi connectivity index (χ4n) is 5.27. The van der Waals surface area contributed by atoms with Crippen molar-refractivity contribution in [2.24, 2.45) is 0 Å². The molecule has 0 aromatic heterocycles. The predicted molar refractivity (Wildman–Crippen MR) is 120 cm³/mol. The summed E-state index contributed by atoms with van der Waals surface area (Å²) in [4.78, 5) is 4.62. The molecule has 0 amide bonds. The monoisotopic (exact) mass is 427 g/mol. The van der Waals surface area contributed by atoms with E-state index in [1.165, 1.54) is 16.8 Å². The maximum Gasteiger partial charge on any atom is 0.137 e. The van der Waals surface area contributed by atoms with Gasteiger partial charge in [0.2, 0.25) is 0 Å². The van der Waals surface area contributed by atoms with E-state index in [9.17, 15) is 5.11 Å². The lowest BCUT2D eigenvalue weighted by atomic mass is 9.91. The van der Waals surface area contributed by atoms with E-state index in [-0.39, 0.29) is 5.41 Å². The van der Waals surface area contributed by atoms with Crippen LogP contribution in [0.25, 0.3) is 0 Å². The molecule has 2 N–H and O–H groups in total. The van der Waals surface area contributed by atoms with Gasteiger partial charge in [-0.25, -0.2) is 0 Å². The molecular formula is C24H30ClN3O2. The molecule has 3 aliphatic rings. The van der Waals surface area contributed by atoms with Crippen LogP contribution in [-0.4, -0.2) is 68.7 Å². The van der Waals surface area contributed by atoms with Gasteiger partial charge in [0.15, 0.2) is 0 Å². The number of para-hydroxylation sites is 1. The van der Waals surface area contributed by atoms with Crippen LogP contribution < -0.4 is 10.2 Å². The first-order valence-corrected chi connectivity index (χ1v) is 11.4. The average molecular weight is 428 g/mol. The zero-order chi connectivity index (χ0) is 20.6. The van der Waals surface area contributed by atoms with E-state index < -0.39 is 6.23 Å². The molecule has 5 nitrogen and oxygen atoms in total. The van der Waals surface area contributed by atoms with Crippen LogP contribution >= 0.6 is 11.6 Å². The van der Waals surface area contributed by atoms with Crippen LogP contribution in [0.4, 0.5) is 5.69 Å². The van der Waals surface area contributed by atoms with Crippen molar-refractivity contribution in [2.45, 2.75) is 24.0 Å². The topological polar surface area (TPSA) is 48.0 Å². The Labute approximate surface area is 183 Å². The minimum atomic E-state index is -0.489. The number of nitrogens with one attached hydrogen (secondary N) is 1. The zero-order valence-electron chi connectivity index (χ0n) is 17.3. The van der Waals surface area contributed by atoms with Crippen molar-refractivity contribution in [3.05, 3.63) is 64.7 Å². The van der Waals surface area contributed by atoms with Crippen LogP contribution in [0.1, 0.15) is 23.5 Å². The van der Waals surface area contributed by atoms with Crippen molar-refractivity contribution in [3.63, 3.8) is 0 Å². The van der Waals surface area contributed by atoms with E-state index in [1.807, 2.05) is 12.1 Å². The summed E-state index contributed by atoms with van der Waals surface area (Å²) < 4.78 is 5.41. The van der Waals surface area contributed by atoms with Crippen LogP contribution in [0.15, 0.2) is 48.5 Å². The van der Waals surface area contributed by atoms with Crippen molar-refractivity contribution >= 4 is 17.3 Å². The van der Waals surface area contributed by atoms with Gasteiger partial charge in [-0.05, 0) is 41.7 Å². The van der Waals surface area contributed by atoms with Gasteiger partial charge in [0, 0.05) is 55.4 Å². The maximum absolute atomic E-state index is 11.4. The van der Waals surface area contributed by atoms with Crippen molar-refractivity contribution < 1.29 is 9.84 Å². The molecule has 1 aliphatic carbocycles. The number of hydrogen-bond donors (Lipinski definition) is 2. The number of halogens is 1. The molecule has 30 heavy (non-hydrogen) atoms. The number of ether oxygens (including phenoxy) is 1. The number of anilines is 1. The molecule has 3 unspecified atom stereocenters. The first kappa shape index (κ1) is 20.3. The van der Waals surface area contributed by atoms with Gasteiger partial charge in [-0.1, -0.05) is 41.9 Å². The third-order valence-electron chi connectivity index (χ3n) is 6.98. The highest BCUT2D eigenvalue weighted by molar-refractivity contribution is 6.30. The molecule has 6 heteroatoms. The van der Waals surface area contributed by atoms with E-state index in [2.05, 4.69) is 51.5 Å². The van der Waals surface area contributed by atoms with E-state index in [0.29, 0.717) is 5.92 Å². The van der Waals surface area contributed by atoms with Gasteiger partial charge >= 0.3 is 0 Å². The Morgan fingerprint density at radius 1 is 1.03 bits per heavy atom. The Kier molecular flexibility index (Phi) is 5.73. The Morgan fingerprint density at radius 2 is 1.77 bits per heavy atom. The molecule has 2 aromatic carbocycles. The summed E-state index contributed by atoms with van der Waals surface area (Å²) in [5.41, 5.74) is 3.53. The zero-order valence-corrected chi connectivity index (χ0v) is 18.0. The van der Waals surface area contributed by atoms with Crippen LogP contribution in [-0.2, 0) is 10.2 Å². The largest absolute Gasteiger partial charge is 0.379 e. The van der Waals surface area contributed by atoms with Gasteiger partial charge in [0.1, 0.15) is 6.23 Å². The van der Waals surface area contributed by atoms with Gasteiger partial charge in [-0.2, -0.15) is 0 Å². The van der Waals surface area contributed by atoms with Crippen molar-refractivity contribution in [2.75, 3.05) is 57.4 Å². The first-order chi connectivity index (χ1) is 14.7. The molecule has 2 aliphatic heterocycles. The quantitative estimate of drug-likeness (QED) is 0.665. The van der Waals surface area contributed by atoms with Crippen molar-refractivity contribution in [3.8, 4) is 0 Å². The summed E-state index contributed by atoms with van der Waals surface area (Å²) in [5.74, 6) is 0.338. The summed E-state index contributed by atoms with van der Waals surface area (Å²) in [6.07, 6.45) is 0.491. The first-order valence-electron chi connectivity index (χ1n) is 11.0. The van der Waals surface area contributed by atoms with Crippen LogP contribution in [0.3, 0.4) is 0 Å². The number of aliphatic hydroxyl groups is 1. The summed E-state index contributed by atoms with van der Waals surface area (Å²) in [5, 5.41) is 15.7. The second-order valence-corrected chi connectivity index (χ2v) is 9.07. The Bertz CT molecular complexity index is 871. The summed E-state index contributed by atoms with van der Waals surface area (Å²) in [6, 6.07) is 16.6. The van der Waals surface area contributed by atoms with E-state index >= 15 is 0 Å². The summed E-state index contributed by atoms with van der Waals surface area (Å²) in [7, 11) is 0. The SMILES string of the molecule is OC1N(CCNCCN2CCOCC2)c2ccccc2C12CC2c1ccc(Cl)cc1. The fraction of sp³-hybridized carbons (Fsp3) is 0.500. The minimum Gasteiger partial charge on any atom is -0.379 e. The fourth-order valence-corrected chi connectivity index (χ4v) is 5.39. The normalized spacial score (nSPS) is 28.1. The molecule has 1 saturated heterocycles. The molecule has 2 fully saturated rings. The van der Waals surface area contributed by atoms with Crippen molar-refractivity contribution in [1.82, 2.24) is 10.2 Å². The number of morpholine rings is 1. The molecular weight excluding hydrogens is 398 g/mol. The van der Waals surface area contributed by atoms with E-state index in [1.54, 1.807) is 0 Å². The average Bonchev–Trinajstić information content (AvgIpc) is 3.49. The summed E-state index contributed by atoms with van der Waals surface area (Å²) >= 11 is 6.08. The molecule has 3 atom stereocenters. The minimum absolute atomic E-state index is 0.196. The molecule has 1 saturated carbocycles. The lowest BCUT2D eigenvalue weighted by Crippen LogP contribution is -2.44. The lowest BCUT2D eigenvalue weighted by Gasteiger charge is -2.28. The molecule has 0 radical (unpaired) electrons. The Hall–Kier alpha value is -1.63. The van der Waals surface area contributed by atoms with Crippen molar-refractivity contribution in [1.29, 1.82) is 0 Å². The number of aliphatic hydroxyl groups excluding tert-OH is 1. The maximum atomic E-state index is 11.4. The van der Waals surface area contributed by atoms with Crippen LogP contribution in [0.2, 0.25) is 5.02 Å². The summed E-state index contributed by atoms with van der Waals surface area (Å²) in [6.45, 7) is 7.40. The van der Waals surface area contributed by atoms with Gasteiger partial charge < -0.3 is 20.1 Å². The highest BCUT2D eigenvalue weighted by atomic mass is 35.5. The lowest BCUT2D eigenvalue weighted by molar-refractivity contribution is 0.0384. The number of benzene rings is 2. The highest BCUT2D eigenvalue weighted by Gasteiger charge is 2.66. The molecule has 5 rings (SSSR count). The molecule has 2 aromatic rings. The van der Waals surface area contributed by atoms with Crippen LogP contribution in [0, 0.1) is 0 Å². The molecule has 160 valence electrons. The van der Waals surface area contributed by atoms with Gasteiger partial charge in [-0.15, -0.1) is 0 Å². The van der Waals surface area contributed by atoms with Gasteiger partial charge in [-0.3, -0.25) is 4.90 Å². The number of fused-ring (bicyclic) bond motifs is 2. The highest BCUT2D eigenvalue weighted by Crippen LogP contribution is 2.67. The number of rotatable bonds is 7. The second-order valence-electron chi connectivity index (χ2n) is 8.64. The van der Waals surface area contributed by atoms with Gasteiger partial charge in [0.05, 0.1) is 13.2 Å². The number of hydrogen-bond acceptors (Lipinski definition) is 5. The molecule has 0 bridgehead atoms. The molecule has 2 heterocycles. The smallest absolute Gasteiger partial charge is 0.137 e. The van der Waals surface area contributed by atoms with Gasteiger partial charge in [0.25, 0.3) is 0 Å². The standard InChI is InChI=1S/C24H30ClN3O2/c25-19-7-5-18(6-8-19)21-17-24(21)20-3-1-2-4-22(20)28(23(24)29)12-10-26-9-11-27-13-15-30-16-14-27/h1-8,21,23,26,29H,9-17H2. The second kappa shape index (κ2) is 8.48.